The van der Waals surface area contributed by atoms with Gasteiger partial charge in [-0.25, -0.2) is 13.1 Å². The molecule has 1 saturated heterocycles. The van der Waals surface area contributed by atoms with Crippen LogP contribution >= 0.6 is 11.3 Å². The molecule has 1 aromatic heterocycles. The van der Waals surface area contributed by atoms with Crippen molar-refractivity contribution in [3.8, 4) is 0 Å². The molecule has 6 nitrogen and oxygen atoms in total. The molecular weight excluding hydrogens is 382 g/mol. The second-order valence-electron chi connectivity index (χ2n) is 6.73. The van der Waals surface area contributed by atoms with E-state index in [2.05, 4.69) is 32.5 Å². The summed E-state index contributed by atoms with van der Waals surface area (Å²) in [5.41, 5.74) is 0.579. The van der Waals surface area contributed by atoms with Gasteiger partial charge in [0.2, 0.25) is 15.9 Å². The van der Waals surface area contributed by atoms with Gasteiger partial charge in [-0.2, -0.15) is 0 Å². The zero-order valence-corrected chi connectivity index (χ0v) is 17.0. The molecule has 2 aromatic rings. The maximum atomic E-state index is 12.4. The number of rotatable bonds is 7. The fraction of sp³-hybridized carbons (Fsp3) is 0.421. The molecule has 1 aliphatic rings. The van der Waals surface area contributed by atoms with Crippen LogP contribution in [0.2, 0.25) is 0 Å². The van der Waals surface area contributed by atoms with Gasteiger partial charge in [-0.3, -0.25) is 4.79 Å². The van der Waals surface area contributed by atoms with E-state index >= 15 is 0 Å². The number of sulfonamides is 1. The van der Waals surface area contributed by atoms with Crippen molar-refractivity contribution in [3.63, 3.8) is 0 Å². The van der Waals surface area contributed by atoms with Gasteiger partial charge >= 0.3 is 0 Å². The predicted octanol–water partition coefficient (Wildman–Crippen LogP) is 2.86. The van der Waals surface area contributed by atoms with Crippen LogP contribution in [-0.2, 0) is 14.8 Å². The van der Waals surface area contributed by atoms with Crippen LogP contribution in [0.5, 0.6) is 0 Å². The molecular formula is C19H25N3O3S2. The Morgan fingerprint density at radius 1 is 1.19 bits per heavy atom. The second-order valence-corrected chi connectivity index (χ2v) is 9.48. The van der Waals surface area contributed by atoms with Crippen LogP contribution in [0, 0.1) is 0 Å². The molecule has 3 rings (SSSR count). The van der Waals surface area contributed by atoms with Crippen LogP contribution in [0.25, 0.3) is 0 Å². The number of hydrogen-bond acceptors (Lipinski definition) is 5. The van der Waals surface area contributed by atoms with Crippen LogP contribution in [0.15, 0.2) is 46.7 Å². The molecule has 1 fully saturated rings. The van der Waals surface area contributed by atoms with E-state index in [1.165, 1.54) is 23.9 Å². The lowest BCUT2D eigenvalue weighted by atomic mass is 9.95. The van der Waals surface area contributed by atoms with Crippen molar-refractivity contribution in [1.29, 1.82) is 0 Å². The SMILES string of the molecule is CC(=O)Nc1ccc(S(=O)(=O)NCCN2CCC(c3cccs3)CC2)cc1. The number of piperidine rings is 1. The summed E-state index contributed by atoms with van der Waals surface area (Å²) >= 11 is 1.82. The van der Waals surface area contributed by atoms with Crippen LogP contribution in [0.1, 0.15) is 30.6 Å². The normalized spacial score (nSPS) is 16.3. The van der Waals surface area contributed by atoms with Crippen molar-refractivity contribution in [2.24, 2.45) is 0 Å². The first-order valence-electron chi connectivity index (χ1n) is 9.07. The zero-order valence-electron chi connectivity index (χ0n) is 15.3. The molecule has 0 atom stereocenters. The highest BCUT2D eigenvalue weighted by Gasteiger charge is 2.21. The number of likely N-dealkylation sites (tertiary alicyclic amines) is 1. The summed E-state index contributed by atoms with van der Waals surface area (Å²) in [6.07, 6.45) is 2.25. The Labute approximate surface area is 164 Å². The van der Waals surface area contributed by atoms with E-state index in [0.29, 0.717) is 24.7 Å². The quantitative estimate of drug-likeness (QED) is 0.740. The number of anilines is 1. The van der Waals surface area contributed by atoms with Crippen LogP contribution in [0.3, 0.4) is 0 Å². The van der Waals surface area contributed by atoms with Gasteiger partial charge in [-0.1, -0.05) is 6.07 Å². The largest absolute Gasteiger partial charge is 0.326 e. The summed E-state index contributed by atoms with van der Waals surface area (Å²) in [6, 6.07) is 10.5. The third kappa shape index (κ3) is 5.62. The van der Waals surface area contributed by atoms with Crippen molar-refractivity contribution in [3.05, 3.63) is 46.7 Å². The molecule has 1 amide bonds. The lowest BCUT2D eigenvalue weighted by Gasteiger charge is -2.31. The van der Waals surface area contributed by atoms with Gasteiger partial charge < -0.3 is 10.2 Å². The van der Waals surface area contributed by atoms with Gasteiger partial charge in [-0.15, -0.1) is 11.3 Å². The first-order valence-corrected chi connectivity index (χ1v) is 11.4. The fourth-order valence-corrected chi connectivity index (χ4v) is 5.23. The lowest BCUT2D eigenvalue weighted by Crippen LogP contribution is -2.39. The van der Waals surface area contributed by atoms with Gasteiger partial charge in [-0.05, 0) is 67.6 Å². The van der Waals surface area contributed by atoms with Crippen molar-refractivity contribution < 1.29 is 13.2 Å². The van der Waals surface area contributed by atoms with E-state index in [9.17, 15) is 13.2 Å². The molecule has 0 aliphatic carbocycles. The van der Waals surface area contributed by atoms with E-state index in [-0.39, 0.29) is 10.8 Å². The molecule has 2 heterocycles. The fourth-order valence-electron chi connectivity index (χ4n) is 3.31. The summed E-state index contributed by atoms with van der Waals surface area (Å²) in [7, 11) is -3.54. The van der Waals surface area contributed by atoms with Crippen LogP contribution < -0.4 is 10.0 Å². The van der Waals surface area contributed by atoms with Crippen molar-refractivity contribution in [2.75, 3.05) is 31.5 Å². The standard InChI is InChI=1S/C19H25N3O3S2/c1-15(23)21-17-4-6-18(7-5-17)27(24,25)20-10-13-22-11-8-16(9-12-22)19-3-2-14-26-19/h2-7,14,16,20H,8-13H2,1H3,(H,21,23). The Hall–Kier alpha value is -1.74. The Morgan fingerprint density at radius 3 is 2.48 bits per heavy atom. The van der Waals surface area contributed by atoms with Crippen molar-refractivity contribution >= 4 is 33.0 Å². The molecule has 0 radical (unpaired) electrons. The first-order chi connectivity index (χ1) is 12.9. The maximum Gasteiger partial charge on any atom is 0.240 e. The number of nitrogens with zero attached hydrogens (tertiary/aromatic N) is 1. The third-order valence-corrected chi connectivity index (χ3v) is 7.25. The zero-order chi connectivity index (χ0) is 19.3. The summed E-state index contributed by atoms with van der Waals surface area (Å²) < 4.78 is 27.5. The number of hydrogen-bond donors (Lipinski definition) is 2. The van der Waals surface area contributed by atoms with Gasteiger partial charge in [0.25, 0.3) is 0 Å². The molecule has 0 unspecified atom stereocenters. The van der Waals surface area contributed by atoms with Gasteiger partial charge in [0.1, 0.15) is 0 Å². The monoisotopic (exact) mass is 407 g/mol. The van der Waals surface area contributed by atoms with E-state index in [1.807, 2.05) is 11.3 Å². The summed E-state index contributed by atoms with van der Waals surface area (Å²) in [5.74, 6) is 0.451. The Bertz CT molecular complexity index is 841. The van der Waals surface area contributed by atoms with Gasteiger partial charge in [0.15, 0.2) is 0 Å². The Kier molecular flexibility index (Phi) is 6.64. The minimum Gasteiger partial charge on any atom is -0.326 e. The summed E-state index contributed by atoms with van der Waals surface area (Å²) in [6.45, 7) is 4.50. The van der Waals surface area contributed by atoms with E-state index in [1.54, 1.807) is 12.1 Å². The van der Waals surface area contributed by atoms with E-state index in [0.717, 1.165) is 25.9 Å². The number of thiophene rings is 1. The number of carbonyl (C=O) groups is 1. The molecule has 146 valence electrons. The van der Waals surface area contributed by atoms with Crippen molar-refractivity contribution in [2.45, 2.75) is 30.6 Å². The molecule has 0 saturated carbocycles. The topological polar surface area (TPSA) is 78.5 Å². The Morgan fingerprint density at radius 2 is 1.89 bits per heavy atom. The molecule has 0 bridgehead atoms. The summed E-state index contributed by atoms with van der Waals surface area (Å²) in [4.78, 5) is 15.0. The Balaban J connectivity index is 1.45. The highest BCUT2D eigenvalue weighted by molar-refractivity contribution is 7.89. The molecule has 0 spiro atoms. The van der Waals surface area contributed by atoms with Gasteiger partial charge in [0.05, 0.1) is 4.90 Å². The van der Waals surface area contributed by atoms with E-state index in [4.69, 9.17) is 0 Å². The molecule has 8 heteroatoms. The predicted molar refractivity (Wildman–Crippen MR) is 109 cm³/mol. The van der Waals surface area contributed by atoms with Crippen LogP contribution in [0.4, 0.5) is 5.69 Å². The molecule has 1 aromatic carbocycles. The molecule has 27 heavy (non-hydrogen) atoms. The minimum atomic E-state index is -3.54. The first kappa shape index (κ1) is 20.0. The number of nitrogens with one attached hydrogen (secondary N) is 2. The average molecular weight is 408 g/mol. The van der Waals surface area contributed by atoms with Crippen molar-refractivity contribution in [1.82, 2.24) is 9.62 Å². The molecule has 2 N–H and O–H groups in total. The second kappa shape index (κ2) is 8.97. The number of amides is 1. The number of carbonyl (C=O) groups excluding carboxylic acids is 1. The lowest BCUT2D eigenvalue weighted by molar-refractivity contribution is -0.114. The number of benzene rings is 1. The van der Waals surface area contributed by atoms with E-state index < -0.39 is 10.0 Å². The summed E-state index contributed by atoms with van der Waals surface area (Å²) in [5, 5.41) is 4.75. The molecule has 1 aliphatic heterocycles. The maximum absolute atomic E-state index is 12.4. The van der Waals surface area contributed by atoms with Crippen LogP contribution in [-0.4, -0.2) is 45.4 Å². The highest BCUT2D eigenvalue weighted by atomic mass is 32.2. The third-order valence-electron chi connectivity index (χ3n) is 4.74. The average Bonchev–Trinajstić information content (AvgIpc) is 3.17. The highest BCUT2D eigenvalue weighted by Crippen LogP contribution is 2.30. The smallest absolute Gasteiger partial charge is 0.240 e. The minimum absolute atomic E-state index is 0.188. The van der Waals surface area contributed by atoms with Gasteiger partial charge in [0, 0.05) is 30.6 Å².